The molecule has 0 aliphatic carbocycles. The van der Waals surface area contributed by atoms with Crippen LogP contribution in [0, 0.1) is 9.39 Å². The second kappa shape index (κ2) is 5.29. The van der Waals surface area contributed by atoms with Crippen molar-refractivity contribution in [2.24, 2.45) is 0 Å². The van der Waals surface area contributed by atoms with Crippen molar-refractivity contribution in [2.45, 2.75) is 6.92 Å². The summed E-state index contributed by atoms with van der Waals surface area (Å²) in [7, 11) is 1.39. The lowest BCUT2D eigenvalue weighted by molar-refractivity contribution is 0.0517. The molecule has 0 amide bonds. The standard InChI is InChI=1S/C10H10FIO3/c1-3-15-10(13)8-6(11)4-5-7(12)9(8)14-2/h4-5H,3H2,1-2H3. The van der Waals surface area contributed by atoms with Crippen molar-refractivity contribution >= 4 is 28.6 Å². The largest absolute Gasteiger partial charge is 0.495 e. The average Bonchev–Trinajstić information content (AvgIpc) is 2.21. The molecule has 0 atom stereocenters. The van der Waals surface area contributed by atoms with E-state index in [9.17, 15) is 9.18 Å². The molecule has 0 heterocycles. The Hall–Kier alpha value is -0.850. The highest BCUT2D eigenvalue weighted by Gasteiger charge is 2.21. The molecule has 0 bridgehead atoms. The topological polar surface area (TPSA) is 35.5 Å². The molecule has 0 spiro atoms. The summed E-state index contributed by atoms with van der Waals surface area (Å²) >= 11 is 1.96. The van der Waals surface area contributed by atoms with Crippen LogP contribution in [0.5, 0.6) is 5.75 Å². The van der Waals surface area contributed by atoms with Crippen LogP contribution in [0.25, 0.3) is 0 Å². The zero-order valence-corrected chi connectivity index (χ0v) is 10.5. The maximum Gasteiger partial charge on any atom is 0.344 e. The maximum atomic E-state index is 13.4. The van der Waals surface area contributed by atoms with Gasteiger partial charge in [0.25, 0.3) is 0 Å². The average molecular weight is 324 g/mol. The van der Waals surface area contributed by atoms with E-state index < -0.39 is 11.8 Å². The van der Waals surface area contributed by atoms with Crippen molar-refractivity contribution < 1.29 is 18.7 Å². The zero-order chi connectivity index (χ0) is 11.4. The highest BCUT2D eigenvalue weighted by Crippen LogP contribution is 2.28. The number of esters is 1. The van der Waals surface area contributed by atoms with E-state index in [1.165, 1.54) is 19.2 Å². The molecule has 5 heteroatoms. The maximum absolute atomic E-state index is 13.4. The molecule has 15 heavy (non-hydrogen) atoms. The van der Waals surface area contributed by atoms with Gasteiger partial charge >= 0.3 is 5.97 Å². The van der Waals surface area contributed by atoms with E-state index in [0.29, 0.717) is 3.57 Å². The predicted molar refractivity (Wildman–Crippen MR) is 61.6 cm³/mol. The first-order chi connectivity index (χ1) is 7.11. The van der Waals surface area contributed by atoms with Crippen molar-refractivity contribution in [3.05, 3.63) is 27.1 Å². The fourth-order valence-electron chi connectivity index (χ4n) is 1.13. The van der Waals surface area contributed by atoms with Gasteiger partial charge in [0, 0.05) is 0 Å². The van der Waals surface area contributed by atoms with Crippen molar-refractivity contribution in [2.75, 3.05) is 13.7 Å². The van der Waals surface area contributed by atoms with Gasteiger partial charge in [0.1, 0.15) is 17.1 Å². The Balaban J connectivity index is 3.24. The molecule has 0 saturated heterocycles. The zero-order valence-electron chi connectivity index (χ0n) is 8.34. The molecule has 1 aromatic carbocycles. The Morgan fingerprint density at radius 1 is 1.53 bits per heavy atom. The van der Waals surface area contributed by atoms with Crippen LogP contribution in [-0.2, 0) is 4.74 Å². The Morgan fingerprint density at radius 3 is 2.73 bits per heavy atom. The molecule has 0 saturated carbocycles. The SMILES string of the molecule is CCOC(=O)c1c(F)ccc(I)c1OC. The highest BCUT2D eigenvalue weighted by molar-refractivity contribution is 14.1. The number of carbonyl (C=O) groups is 1. The van der Waals surface area contributed by atoms with Crippen molar-refractivity contribution in [3.63, 3.8) is 0 Å². The molecule has 0 fully saturated rings. The van der Waals surface area contributed by atoms with Gasteiger partial charge in [0.15, 0.2) is 0 Å². The summed E-state index contributed by atoms with van der Waals surface area (Å²) in [6.07, 6.45) is 0. The molecule has 0 unspecified atom stereocenters. The van der Waals surface area contributed by atoms with Gasteiger partial charge in [-0.1, -0.05) is 0 Å². The molecule has 0 N–H and O–H groups in total. The second-order valence-corrected chi connectivity index (χ2v) is 3.82. The molecule has 3 nitrogen and oxygen atoms in total. The number of carbonyl (C=O) groups excluding carboxylic acids is 1. The van der Waals surface area contributed by atoms with E-state index in [0.717, 1.165) is 0 Å². The summed E-state index contributed by atoms with van der Waals surface area (Å²) in [4.78, 5) is 11.5. The lowest BCUT2D eigenvalue weighted by Gasteiger charge is -2.10. The Bertz CT molecular complexity index is 379. The Labute approximate surface area is 101 Å². The number of rotatable bonds is 3. The fraction of sp³-hybridized carbons (Fsp3) is 0.300. The third kappa shape index (κ3) is 2.58. The summed E-state index contributed by atoms with van der Waals surface area (Å²) < 4.78 is 23.8. The molecule has 82 valence electrons. The van der Waals surface area contributed by atoms with E-state index in [1.807, 2.05) is 22.6 Å². The monoisotopic (exact) mass is 324 g/mol. The third-order valence-corrected chi connectivity index (χ3v) is 2.59. The summed E-state index contributed by atoms with van der Waals surface area (Å²) in [5.41, 5.74) is -0.147. The van der Waals surface area contributed by atoms with E-state index in [4.69, 9.17) is 9.47 Å². The van der Waals surface area contributed by atoms with Gasteiger partial charge in [-0.3, -0.25) is 0 Å². The van der Waals surface area contributed by atoms with Gasteiger partial charge in [-0.15, -0.1) is 0 Å². The summed E-state index contributed by atoms with van der Waals surface area (Å²) in [5, 5.41) is 0. The summed E-state index contributed by atoms with van der Waals surface area (Å²) in [5.74, 6) is -1.12. The number of methoxy groups -OCH3 is 1. The first-order valence-electron chi connectivity index (χ1n) is 4.31. The van der Waals surface area contributed by atoms with Crippen LogP contribution < -0.4 is 4.74 Å². The quantitative estimate of drug-likeness (QED) is 0.633. The van der Waals surface area contributed by atoms with E-state index in [1.54, 1.807) is 6.92 Å². The van der Waals surface area contributed by atoms with Gasteiger partial charge in [0.05, 0.1) is 17.3 Å². The first kappa shape index (κ1) is 12.2. The minimum absolute atomic E-state index is 0.147. The Kier molecular flexibility index (Phi) is 4.31. The Morgan fingerprint density at radius 2 is 2.20 bits per heavy atom. The summed E-state index contributed by atoms with van der Waals surface area (Å²) in [6, 6.07) is 2.76. The number of ether oxygens (including phenoxy) is 2. The third-order valence-electron chi connectivity index (χ3n) is 1.74. The molecule has 0 aliphatic rings. The minimum Gasteiger partial charge on any atom is -0.495 e. The molecular weight excluding hydrogens is 314 g/mol. The van der Waals surface area contributed by atoms with Crippen molar-refractivity contribution in [1.82, 2.24) is 0 Å². The predicted octanol–water partition coefficient (Wildman–Crippen LogP) is 2.62. The van der Waals surface area contributed by atoms with Crippen LogP contribution in [0.4, 0.5) is 4.39 Å². The lowest BCUT2D eigenvalue weighted by atomic mass is 10.2. The van der Waals surface area contributed by atoms with Crippen LogP contribution in [-0.4, -0.2) is 19.7 Å². The van der Waals surface area contributed by atoms with Gasteiger partial charge in [-0.25, -0.2) is 9.18 Å². The number of benzene rings is 1. The van der Waals surface area contributed by atoms with Crippen LogP contribution >= 0.6 is 22.6 Å². The smallest absolute Gasteiger partial charge is 0.344 e. The van der Waals surface area contributed by atoms with E-state index in [2.05, 4.69) is 0 Å². The molecule has 1 aromatic rings. The van der Waals surface area contributed by atoms with Crippen molar-refractivity contribution in [3.8, 4) is 5.75 Å². The van der Waals surface area contributed by atoms with Gasteiger partial charge in [-0.2, -0.15) is 0 Å². The van der Waals surface area contributed by atoms with Crippen LogP contribution in [0.2, 0.25) is 0 Å². The second-order valence-electron chi connectivity index (χ2n) is 2.66. The van der Waals surface area contributed by atoms with Crippen LogP contribution in [0.1, 0.15) is 17.3 Å². The molecular formula is C10H10FIO3. The molecule has 0 radical (unpaired) electrons. The molecule has 1 rings (SSSR count). The van der Waals surface area contributed by atoms with Crippen molar-refractivity contribution in [1.29, 1.82) is 0 Å². The van der Waals surface area contributed by atoms with E-state index >= 15 is 0 Å². The molecule has 0 aromatic heterocycles. The number of hydrogen-bond acceptors (Lipinski definition) is 3. The van der Waals surface area contributed by atoms with E-state index in [-0.39, 0.29) is 17.9 Å². The lowest BCUT2D eigenvalue weighted by Crippen LogP contribution is -2.10. The van der Waals surface area contributed by atoms with Gasteiger partial charge in [0.2, 0.25) is 0 Å². The highest BCUT2D eigenvalue weighted by atomic mass is 127. The number of hydrogen-bond donors (Lipinski definition) is 0. The van der Waals surface area contributed by atoms with Crippen LogP contribution in [0.15, 0.2) is 12.1 Å². The molecule has 0 aliphatic heterocycles. The summed E-state index contributed by atoms with van der Waals surface area (Å²) in [6.45, 7) is 1.86. The van der Waals surface area contributed by atoms with Crippen LogP contribution in [0.3, 0.4) is 0 Å². The fourth-order valence-corrected chi connectivity index (χ4v) is 1.80. The van der Waals surface area contributed by atoms with Gasteiger partial charge in [-0.05, 0) is 41.6 Å². The number of halogens is 2. The normalized spacial score (nSPS) is 9.87. The first-order valence-corrected chi connectivity index (χ1v) is 5.38. The van der Waals surface area contributed by atoms with Gasteiger partial charge < -0.3 is 9.47 Å². The minimum atomic E-state index is -0.703.